The lowest BCUT2D eigenvalue weighted by atomic mass is 10.2. The number of carbonyl (C=O) groups is 2. The van der Waals surface area contributed by atoms with Crippen molar-refractivity contribution in [1.29, 1.82) is 0 Å². The van der Waals surface area contributed by atoms with E-state index in [1.165, 1.54) is 0 Å². The molecule has 0 aliphatic rings. The molecule has 0 bridgehead atoms. The minimum absolute atomic E-state index is 0.0377. The quantitative estimate of drug-likeness (QED) is 0.762. The topological polar surface area (TPSA) is 75.6 Å². The number of carboxylic acid groups (broad SMARTS) is 1. The highest BCUT2D eigenvalue weighted by Crippen LogP contribution is 2.09. The van der Waals surface area contributed by atoms with Crippen LogP contribution in [0.15, 0.2) is 0 Å². The molecule has 0 spiro atoms. The fourth-order valence-electron chi connectivity index (χ4n) is 0.937. The van der Waals surface area contributed by atoms with Gasteiger partial charge in [0, 0.05) is 11.4 Å². The standard InChI is InChI=1S/C10H18BrNO4/c1-10(2,3)16-9(15)12-5-4-7(11)6-8(13)14/h7H,4-6H2,1-3H3,(H,12,15)(H,13,14). The molecule has 0 aromatic carbocycles. The molecule has 0 saturated heterocycles. The molecule has 0 aromatic rings. The molecular weight excluding hydrogens is 278 g/mol. The van der Waals surface area contributed by atoms with Gasteiger partial charge in [0.2, 0.25) is 0 Å². The summed E-state index contributed by atoms with van der Waals surface area (Å²) in [4.78, 5) is 21.4. The Kier molecular flexibility index (Phi) is 6.40. The molecule has 0 aromatic heterocycles. The number of alkyl halides is 1. The van der Waals surface area contributed by atoms with Crippen molar-refractivity contribution < 1.29 is 19.4 Å². The van der Waals surface area contributed by atoms with Crippen molar-refractivity contribution in [1.82, 2.24) is 5.32 Å². The van der Waals surface area contributed by atoms with Crippen molar-refractivity contribution in [3.8, 4) is 0 Å². The van der Waals surface area contributed by atoms with Gasteiger partial charge in [0.1, 0.15) is 5.60 Å². The van der Waals surface area contributed by atoms with Gasteiger partial charge in [-0.15, -0.1) is 0 Å². The summed E-state index contributed by atoms with van der Waals surface area (Å²) in [6.45, 7) is 5.73. The first kappa shape index (κ1) is 15.2. The molecule has 16 heavy (non-hydrogen) atoms. The first-order chi connectivity index (χ1) is 7.20. The first-order valence-electron chi connectivity index (χ1n) is 5.03. The van der Waals surface area contributed by atoms with Crippen LogP contribution < -0.4 is 5.32 Å². The average Bonchev–Trinajstić information content (AvgIpc) is 1.98. The number of ether oxygens (including phenoxy) is 1. The normalized spacial score (nSPS) is 13.0. The highest BCUT2D eigenvalue weighted by molar-refractivity contribution is 9.09. The number of halogens is 1. The number of alkyl carbamates (subject to hydrolysis) is 1. The fourth-order valence-corrected chi connectivity index (χ4v) is 1.44. The molecule has 0 aliphatic carbocycles. The number of carboxylic acids is 1. The maximum Gasteiger partial charge on any atom is 0.407 e. The van der Waals surface area contributed by atoms with Crippen LogP contribution in [0.2, 0.25) is 0 Å². The van der Waals surface area contributed by atoms with Gasteiger partial charge in [0.15, 0.2) is 0 Å². The zero-order valence-corrected chi connectivity index (χ0v) is 11.3. The molecule has 1 amide bonds. The van der Waals surface area contributed by atoms with E-state index in [9.17, 15) is 9.59 Å². The number of carbonyl (C=O) groups excluding carboxylic acids is 1. The molecule has 2 N–H and O–H groups in total. The molecule has 0 fully saturated rings. The number of amides is 1. The van der Waals surface area contributed by atoms with E-state index >= 15 is 0 Å². The van der Waals surface area contributed by atoms with Crippen molar-refractivity contribution in [2.75, 3.05) is 6.54 Å². The van der Waals surface area contributed by atoms with Gasteiger partial charge in [-0.05, 0) is 27.2 Å². The number of hydrogen-bond donors (Lipinski definition) is 2. The third-order valence-corrected chi connectivity index (χ3v) is 2.30. The van der Waals surface area contributed by atoms with Crippen LogP contribution in [0.1, 0.15) is 33.6 Å². The maximum absolute atomic E-state index is 11.2. The third-order valence-electron chi connectivity index (χ3n) is 1.52. The summed E-state index contributed by atoms with van der Waals surface area (Å²) in [6, 6.07) is 0. The van der Waals surface area contributed by atoms with Crippen LogP contribution in [-0.4, -0.2) is 34.1 Å². The monoisotopic (exact) mass is 295 g/mol. The van der Waals surface area contributed by atoms with E-state index in [2.05, 4.69) is 21.2 Å². The second-order valence-corrected chi connectivity index (χ2v) is 5.71. The van der Waals surface area contributed by atoms with E-state index in [-0.39, 0.29) is 11.2 Å². The Balaban J connectivity index is 3.66. The van der Waals surface area contributed by atoms with Crippen LogP contribution in [0, 0.1) is 0 Å². The highest BCUT2D eigenvalue weighted by atomic mass is 79.9. The van der Waals surface area contributed by atoms with E-state index in [0.29, 0.717) is 13.0 Å². The molecule has 0 heterocycles. The zero-order chi connectivity index (χ0) is 12.8. The van der Waals surface area contributed by atoms with Crippen molar-refractivity contribution in [3.05, 3.63) is 0 Å². The van der Waals surface area contributed by atoms with E-state index in [1.54, 1.807) is 20.8 Å². The summed E-state index contributed by atoms with van der Waals surface area (Å²) >= 11 is 3.22. The molecule has 1 atom stereocenters. The molecule has 0 radical (unpaired) electrons. The second-order valence-electron chi connectivity index (χ2n) is 4.41. The van der Waals surface area contributed by atoms with E-state index in [4.69, 9.17) is 9.84 Å². The largest absolute Gasteiger partial charge is 0.481 e. The van der Waals surface area contributed by atoms with Gasteiger partial charge in [0.25, 0.3) is 0 Å². The molecule has 1 unspecified atom stereocenters. The lowest BCUT2D eigenvalue weighted by molar-refractivity contribution is -0.136. The molecule has 94 valence electrons. The molecule has 0 saturated carbocycles. The molecular formula is C10H18BrNO4. The van der Waals surface area contributed by atoms with E-state index in [1.807, 2.05) is 0 Å². The lowest BCUT2D eigenvalue weighted by Gasteiger charge is -2.19. The fraction of sp³-hybridized carbons (Fsp3) is 0.800. The van der Waals surface area contributed by atoms with Crippen molar-refractivity contribution in [3.63, 3.8) is 0 Å². The Morgan fingerprint density at radius 2 is 2.00 bits per heavy atom. The Morgan fingerprint density at radius 1 is 1.44 bits per heavy atom. The Hall–Kier alpha value is -0.780. The van der Waals surface area contributed by atoms with Crippen LogP contribution in [0.5, 0.6) is 0 Å². The van der Waals surface area contributed by atoms with Gasteiger partial charge in [0.05, 0.1) is 6.42 Å². The molecule has 5 nitrogen and oxygen atoms in total. The first-order valence-corrected chi connectivity index (χ1v) is 5.95. The SMILES string of the molecule is CC(C)(C)OC(=O)NCCC(Br)CC(=O)O. The summed E-state index contributed by atoms with van der Waals surface area (Å²) in [5, 5.41) is 11.1. The van der Waals surface area contributed by atoms with Crippen LogP contribution in [0.3, 0.4) is 0 Å². The highest BCUT2D eigenvalue weighted by Gasteiger charge is 2.16. The number of hydrogen-bond acceptors (Lipinski definition) is 3. The van der Waals surface area contributed by atoms with Crippen LogP contribution >= 0.6 is 15.9 Å². The number of nitrogens with one attached hydrogen (secondary N) is 1. The lowest BCUT2D eigenvalue weighted by Crippen LogP contribution is -2.33. The smallest absolute Gasteiger partial charge is 0.407 e. The van der Waals surface area contributed by atoms with E-state index in [0.717, 1.165) is 0 Å². The second kappa shape index (κ2) is 6.73. The minimum atomic E-state index is -0.862. The number of rotatable bonds is 5. The van der Waals surface area contributed by atoms with Gasteiger partial charge in [-0.2, -0.15) is 0 Å². The van der Waals surface area contributed by atoms with Gasteiger partial charge >= 0.3 is 12.1 Å². The van der Waals surface area contributed by atoms with Crippen LogP contribution in [0.4, 0.5) is 4.79 Å². The zero-order valence-electron chi connectivity index (χ0n) is 9.75. The van der Waals surface area contributed by atoms with Crippen LogP contribution in [-0.2, 0) is 9.53 Å². The predicted octanol–water partition coefficient (Wildman–Crippen LogP) is 2.14. The van der Waals surface area contributed by atoms with Crippen LogP contribution in [0.25, 0.3) is 0 Å². The Bertz CT molecular complexity index is 250. The van der Waals surface area contributed by atoms with Gasteiger partial charge < -0.3 is 15.2 Å². The minimum Gasteiger partial charge on any atom is -0.481 e. The Labute approximate surface area is 104 Å². The van der Waals surface area contributed by atoms with E-state index < -0.39 is 17.7 Å². The van der Waals surface area contributed by atoms with Gasteiger partial charge in [-0.25, -0.2) is 4.79 Å². The molecule has 0 aliphatic heterocycles. The van der Waals surface area contributed by atoms with Crippen molar-refractivity contribution in [2.45, 2.75) is 44.0 Å². The summed E-state index contributed by atoms with van der Waals surface area (Å²) < 4.78 is 5.02. The summed E-state index contributed by atoms with van der Waals surface area (Å²) in [5.41, 5.74) is -0.515. The predicted molar refractivity (Wildman–Crippen MR) is 63.8 cm³/mol. The third kappa shape index (κ3) is 9.76. The molecule has 6 heteroatoms. The Morgan fingerprint density at radius 3 is 2.44 bits per heavy atom. The molecule has 0 rings (SSSR count). The van der Waals surface area contributed by atoms with Crippen molar-refractivity contribution >= 4 is 28.0 Å². The average molecular weight is 296 g/mol. The summed E-state index contributed by atoms with van der Waals surface area (Å²) in [5.74, 6) is -0.862. The summed E-state index contributed by atoms with van der Waals surface area (Å²) in [7, 11) is 0. The number of aliphatic carboxylic acids is 1. The summed E-state index contributed by atoms with van der Waals surface area (Å²) in [6.07, 6.45) is 0.101. The van der Waals surface area contributed by atoms with Crippen molar-refractivity contribution in [2.24, 2.45) is 0 Å². The van der Waals surface area contributed by atoms with Gasteiger partial charge in [-0.3, -0.25) is 4.79 Å². The van der Waals surface area contributed by atoms with Gasteiger partial charge in [-0.1, -0.05) is 15.9 Å². The maximum atomic E-state index is 11.2.